The molecule has 0 unspecified atom stereocenters. The SMILES string of the molecule is Cc1cc(C(C)C)nc(NCc2nc(C(=O)O)cs2)n1. The first-order valence-corrected chi connectivity index (χ1v) is 7.11. The first-order chi connectivity index (χ1) is 9.45. The predicted molar refractivity (Wildman–Crippen MR) is 77.3 cm³/mol. The lowest BCUT2D eigenvalue weighted by molar-refractivity contribution is 0.0691. The minimum atomic E-state index is -1.01. The van der Waals surface area contributed by atoms with Crippen molar-refractivity contribution in [2.75, 3.05) is 5.32 Å². The van der Waals surface area contributed by atoms with Gasteiger partial charge in [-0.15, -0.1) is 11.3 Å². The van der Waals surface area contributed by atoms with E-state index in [1.807, 2.05) is 13.0 Å². The fraction of sp³-hybridized carbons (Fsp3) is 0.385. The van der Waals surface area contributed by atoms with Crippen LogP contribution in [0.15, 0.2) is 11.4 Å². The summed E-state index contributed by atoms with van der Waals surface area (Å²) >= 11 is 1.30. The van der Waals surface area contributed by atoms with Crippen LogP contribution in [-0.4, -0.2) is 26.0 Å². The number of hydrogen-bond donors (Lipinski definition) is 2. The van der Waals surface area contributed by atoms with E-state index in [1.54, 1.807) is 0 Å². The van der Waals surface area contributed by atoms with Crippen LogP contribution in [0.4, 0.5) is 5.95 Å². The van der Waals surface area contributed by atoms with Gasteiger partial charge in [0, 0.05) is 16.8 Å². The number of aryl methyl sites for hydroxylation is 1. The molecule has 2 rings (SSSR count). The van der Waals surface area contributed by atoms with Gasteiger partial charge in [-0.05, 0) is 18.9 Å². The molecule has 0 saturated carbocycles. The van der Waals surface area contributed by atoms with E-state index < -0.39 is 5.97 Å². The lowest BCUT2D eigenvalue weighted by Crippen LogP contribution is -2.07. The van der Waals surface area contributed by atoms with Crippen LogP contribution >= 0.6 is 11.3 Å². The monoisotopic (exact) mass is 292 g/mol. The Bertz CT molecular complexity index is 625. The number of anilines is 1. The molecule has 0 amide bonds. The van der Waals surface area contributed by atoms with Gasteiger partial charge in [0.2, 0.25) is 5.95 Å². The van der Waals surface area contributed by atoms with E-state index in [-0.39, 0.29) is 5.69 Å². The number of carboxylic acid groups (broad SMARTS) is 1. The van der Waals surface area contributed by atoms with Gasteiger partial charge >= 0.3 is 5.97 Å². The van der Waals surface area contributed by atoms with E-state index >= 15 is 0 Å². The number of thiazole rings is 1. The fourth-order valence-electron chi connectivity index (χ4n) is 1.61. The topological polar surface area (TPSA) is 88.0 Å². The average Bonchev–Trinajstić information content (AvgIpc) is 2.84. The van der Waals surface area contributed by atoms with E-state index in [1.165, 1.54) is 16.7 Å². The normalized spacial score (nSPS) is 10.8. The number of nitrogens with one attached hydrogen (secondary N) is 1. The van der Waals surface area contributed by atoms with E-state index in [4.69, 9.17) is 5.11 Å². The van der Waals surface area contributed by atoms with Crippen molar-refractivity contribution in [3.05, 3.63) is 33.5 Å². The van der Waals surface area contributed by atoms with Crippen molar-refractivity contribution in [2.24, 2.45) is 0 Å². The summed E-state index contributed by atoms with van der Waals surface area (Å²) in [5.74, 6) is -0.141. The van der Waals surface area contributed by atoms with Crippen LogP contribution in [0.3, 0.4) is 0 Å². The highest BCUT2D eigenvalue weighted by atomic mass is 32.1. The lowest BCUT2D eigenvalue weighted by Gasteiger charge is -2.09. The molecule has 0 aliphatic heterocycles. The molecule has 2 aromatic rings. The van der Waals surface area contributed by atoms with E-state index in [0.29, 0.717) is 23.4 Å². The predicted octanol–water partition coefficient (Wildman–Crippen LogP) is 2.68. The van der Waals surface area contributed by atoms with Crippen molar-refractivity contribution in [1.29, 1.82) is 0 Å². The summed E-state index contributed by atoms with van der Waals surface area (Å²) in [7, 11) is 0. The Kier molecular flexibility index (Phi) is 4.29. The van der Waals surface area contributed by atoms with Gasteiger partial charge in [0.25, 0.3) is 0 Å². The first kappa shape index (κ1) is 14.4. The van der Waals surface area contributed by atoms with Gasteiger partial charge < -0.3 is 10.4 Å². The minimum absolute atomic E-state index is 0.0693. The van der Waals surface area contributed by atoms with Gasteiger partial charge in [-0.2, -0.15) is 0 Å². The maximum Gasteiger partial charge on any atom is 0.355 e. The maximum atomic E-state index is 10.8. The first-order valence-electron chi connectivity index (χ1n) is 6.23. The second-order valence-electron chi connectivity index (χ2n) is 4.70. The molecule has 0 radical (unpaired) electrons. The van der Waals surface area contributed by atoms with Gasteiger partial charge in [0.1, 0.15) is 5.01 Å². The van der Waals surface area contributed by atoms with Gasteiger partial charge in [-0.25, -0.2) is 19.7 Å². The average molecular weight is 292 g/mol. The molecule has 106 valence electrons. The molecule has 0 atom stereocenters. The van der Waals surface area contributed by atoms with Gasteiger partial charge in [0.15, 0.2) is 5.69 Å². The second kappa shape index (κ2) is 5.96. The summed E-state index contributed by atoms with van der Waals surface area (Å²) in [6.07, 6.45) is 0. The van der Waals surface area contributed by atoms with Crippen molar-refractivity contribution in [1.82, 2.24) is 15.0 Å². The zero-order valence-electron chi connectivity index (χ0n) is 11.5. The van der Waals surface area contributed by atoms with E-state index in [2.05, 4.69) is 34.1 Å². The third-order valence-corrected chi connectivity index (χ3v) is 3.48. The maximum absolute atomic E-state index is 10.8. The summed E-state index contributed by atoms with van der Waals surface area (Å²) < 4.78 is 0. The van der Waals surface area contributed by atoms with E-state index in [0.717, 1.165) is 11.4 Å². The van der Waals surface area contributed by atoms with Gasteiger partial charge in [-0.1, -0.05) is 13.8 Å². The summed E-state index contributed by atoms with van der Waals surface area (Å²) in [5.41, 5.74) is 1.95. The Morgan fingerprint density at radius 3 is 2.75 bits per heavy atom. The minimum Gasteiger partial charge on any atom is -0.476 e. The van der Waals surface area contributed by atoms with Crippen LogP contribution < -0.4 is 5.32 Å². The van der Waals surface area contributed by atoms with Crippen LogP contribution in [-0.2, 0) is 6.54 Å². The zero-order chi connectivity index (χ0) is 14.7. The largest absolute Gasteiger partial charge is 0.476 e. The molecule has 0 spiro atoms. The van der Waals surface area contributed by atoms with Crippen molar-refractivity contribution >= 4 is 23.3 Å². The number of carboxylic acids is 1. The van der Waals surface area contributed by atoms with Gasteiger partial charge in [0.05, 0.1) is 6.54 Å². The van der Waals surface area contributed by atoms with Crippen molar-refractivity contribution < 1.29 is 9.90 Å². The number of aromatic nitrogens is 3. The summed E-state index contributed by atoms with van der Waals surface area (Å²) in [4.78, 5) is 23.5. The molecule has 2 heterocycles. The molecular weight excluding hydrogens is 276 g/mol. The van der Waals surface area contributed by atoms with Crippen LogP contribution in [0.1, 0.15) is 46.6 Å². The molecule has 6 nitrogen and oxygen atoms in total. The Balaban J connectivity index is 2.08. The molecule has 0 aromatic carbocycles. The Hall–Kier alpha value is -2.02. The van der Waals surface area contributed by atoms with Crippen LogP contribution in [0.2, 0.25) is 0 Å². The molecule has 0 aliphatic rings. The third kappa shape index (κ3) is 3.51. The second-order valence-corrected chi connectivity index (χ2v) is 5.64. The molecular formula is C13H16N4O2S. The van der Waals surface area contributed by atoms with E-state index in [9.17, 15) is 4.79 Å². The highest BCUT2D eigenvalue weighted by molar-refractivity contribution is 7.09. The number of rotatable bonds is 5. The lowest BCUT2D eigenvalue weighted by atomic mass is 10.1. The molecule has 0 aliphatic carbocycles. The number of nitrogens with zero attached hydrogens (tertiary/aromatic N) is 3. The quantitative estimate of drug-likeness (QED) is 0.881. The van der Waals surface area contributed by atoms with Gasteiger partial charge in [-0.3, -0.25) is 0 Å². The summed E-state index contributed by atoms with van der Waals surface area (Å²) in [5, 5.41) is 14.1. The highest BCUT2D eigenvalue weighted by Crippen LogP contribution is 2.16. The Labute approximate surface area is 120 Å². The number of aromatic carboxylic acids is 1. The fourth-order valence-corrected chi connectivity index (χ4v) is 2.32. The third-order valence-electron chi connectivity index (χ3n) is 2.63. The summed E-state index contributed by atoms with van der Waals surface area (Å²) in [6.45, 7) is 6.49. The van der Waals surface area contributed by atoms with Crippen LogP contribution in [0.25, 0.3) is 0 Å². The molecule has 2 aromatic heterocycles. The summed E-state index contributed by atoms with van der Waals surface area (Å²) in [6, 6.07) is 1.96. The standard InChI is InChI=1S/C13H16N4O2S/c1-7(2)9-4-8(3)15-13(17-9)14-5-11-16-10(6-20-11)12(18)19/h4,6-7H,5H2,1-3H3,(H,18,19)(H,14,15,17). The smallest absolute Gasteiger partial charge is 0.355 e. The molecule has 0 fully saturated rings. The van der Waals surface area contributed by atoms with Crippen LogP contribution in [0, 0.1) is 6.92 Å². The highest BCUT2D eigenvalue weighted by Gasteiger charge is 2.10. The number of carbonyl (C=O) groups is 1. The van der Waals surface area contributed by atoms with Crippen molar-refractivity contribution in [3.63, 3.8) is 0 Å². The Morgan fingerprint density at radius 1 is 1.40 bits per heavy atom. The Morgan fingerprint density at radius 2 is 2.15 bits per heavy atom. The van der Waals surface area contributed by atoms with Crippen LogP contribution in [0.5, 0.6) is 0 Å². The molecule has 2 N–H and O–H groups in total. The van der Waals surface area contributed by atoms with Crippen molar-refractivity contribution in [3.8, 4) is 0 Å². The molecule has 20 heavy (non-hydrogen) atoms. The zero-order valence-corrected chi connectivity index (χ0v) is 12.4. The number of hydrogen-bond acceptors (Lipinski definition) is 6. The molecule has 7 heteroatoms. The van der Waals surface area contributed by atoms with Crippen molar-refractivity contribution in [2.45, 2.75) is 33.2 Å². The molecule has 0 saturated heterocycles. The molecule has 0 bridgehead atoms.